The van der Waals surface area contributed by atoms with Crippen LogP contribution in [0.2, 0.25) is 0 Å². The second-order valence-electron chi connectivity index (χ2n) is 6.60. The van der Waals surface area contributed by atoms with Crippen LogP contribution >= 0.6 is 0 Å². The van der Waals surface area contributed by atoms with Crippen molar-refractivity contribution in [1.29, 1.82) is 0 Å². The lowest BCUT2D eigenvalue weighted by atomic mass is 10.2. The number of ether oxygens (including phenoxy) is 2. The molecule has 1 saturated heterocycles. The summed E-state index contributed by atoms with van der Waals surface area (Å²) in [6, 6.07) is 2.48. The minimum atomic E-state index is -3.83. The van der Waals surface area contributed by atoms with Crippen molar-refractivity contribution in [1.82, 2.24) is 4.31 Å². The lowest BCUT2D eigenvalue weighted by molar-refractivity contribution is 0.331. The standard InChI is InChI=1S/C16H23NO6S2/c1-11-8-14(22-2)15(23-3)9-16(11)25(20,21)17(12-4-5-12)13-6-7-24(18,19)10-13/h8-9,12-13H,4-7,10H2,1-3H3. The van der Waals surface area contributed by atoms with Crippen molar-refractivity contribution in [2.45, 2.75) is 43.2 Å². The monoisotopic (exact) mass is 389 g/mol. The van der Waals surface area contributed by atoms with Crippen LogP contribution in [0.5, 0.6) is 11.5 Å². The molecule has 1 unspecified atom stereocenters. The van der Waals surface area contributed by atoms with Crippen LogP contribution in [0.4, 0.5) is 0 Å². The van der Waals surface area contributed by atoms with Crippen molar-refractivity contribution in [2.24, 2.45) is 0 Å². The lowest BCUT2D eigenvalue weighted by Crippen LogP contribution is -2.42. The Bertz CT molecular complexity index is 874. The third-order valence-electron chi connectivity index (χ3n) is 4.71. The summed E-state index contributed by atoms with van der Waals surface area (Å²) in [5.41, 5.74) is 0.546. The SMILES string of the molecule is COc1cc(C)c(S(=O)(=O)N(C2CC2)C2CCS(=O)(=O)C2)cc1OC. The predicted molar refractivity (Wildman–Crippen MR) is 93.4 cm³/mol. The average molecular weight is 389 g/mol. The Morgan fingerprint density at radius 3 is 2.12 bits per heavy atom. The molecule has 0 N–H and O–H groups in total. The molecule has 2 aliphatic rings. The lowest BCUT2D eigenvalue weighted by Gasteiger charge is -2.28. The molecule has 1 saturated carbocycles. The highest BCUT2D eigenvalue weighted by Gasteiger charge is 2.46. The van der Waals surface area contributed by atoms with Crippen LogP contribution in [0.25, 0.3) is 0 Å². The quantitative estimate of drug-likeness (QED) is 0.730. The second kappa shape index (κ2) is 6.44. The van der Waals surface area contributed by atoms with Crippen molar-refractivity contribution in [3.63, 3.8) is 0 Å². The maximum Gasteiger partial charge on any atom is 0.244 e. The Labute approximate surface area is 148 Å². The van der Waals surface area contributed by atoms with Crippen LogP contribution in [0, 0.1) is 6.92 Å². The van der Waals surface area contributed by atoms with E-state index in [1.807, 2.05) is 0 Å². The highest BCUT2D eigenvalue weighted by atomic mass is 32.2. The fourth-order valence-corrected chi connectivity index (χ4v) is 7.28. The predicted octanol–water partition coefficient (Wildman–Crippen LogP) is 1.35. The molecule has 7 nitrogen and oxygen atoms in total. The van der Waals surface area contributed by atoms with Crippen LogP contribution in [-0.4, -0.2) is 58.9 Å². The van der Waals surface area contributed by atoms with E-state index in [9.17, 15) is 16.8 Å². The van der Waals surface area contributed by atoms with Gasteiger partial charge in [0.25, 0.3) is 0 Å². The number of sulfonamides is 1. The number of rotatable bonds is 6. The number of hydrogen-bond donors (Lipinski definition) is 0. The zero-order valence-electron chi connectivity index (χ0n) is 14.6. The van der Waals surface area contributed by atoms with Crippen LogP contribution < -0.4 is 9.47 Å². The van der Waals surface area contributed by atoms with E-state index in [1.54, 1.807) is 13.0 Å². The van der Waals surface area contributed by atoms with Gasteiger partial charge >= 0.3 is 0 Å². The van der Waals surface area contributed by atoms with Crippen molar-refractivity contribution in [3.8, 4) is 11.5 Å². The molecule has 1 aromatic rings. The van der Waals surface area contributed by atoms with Crippen LogP contribution in [0.15, 0.2) is 17.0 Å². The summed E-state index contributed by atoms with van der Waals surface area (Å²) in [5, 5.41) is 0. The van der Waals surface area contributed by atoms with Crippen molar-refractivity contribution in [3.05, 3.63) is 17.7 Å². The highest BCUT2D eigenvalue weighted by Crippen LogP contribution is 2.40. The first-order valence-electron chi connectivity index (χ1n) is 8.16. The summed E-state index contributed by atoms with van der Waals surface area (Å²) in [5.74, 6) is 0.734. The van der Waals surface area contributed by atoms with E-state index < -0.39 is 25.9 Å². The molecule has 0 radical (unpaired) electrons. The Morgan fingerprint density at radius 2 is 1.64 bits per heavy atom. The molecular weight excluding hydrogens is 366 g/mol. The van der Waals surface area contributed by atoms with Gasteiger partial charge < -0.3 is 9.47 Å². The molecule has 3 rings (SSSR count). The van der Waals surface area contributed by atoms with Crippen LogP contribution in [0.3, 0.4) is 0 Å². The van der Waals surface area contributed by atoms with E-state index in [1.165, 1.54) is 24.6 Å². The van der Waals surface area contributed by atoms with Gasteiger partial charge in [0.05, 0.1) is 30.6 Å². The molecule has 0 aromatic heterocycles. The molecule has 140 valence electrons. The van der Waals surface area contributed by atoms with E-state index in [0.29, 0.717) is 23.5 Å². The molecule has 2 fully saturated rings. The van der Waals surface area contributed by atoms with Crippen molar-refractivity contribution >= 4 is 19.9 Å². The second-order valence-corrected chi connectivity index (χ2v) is 10.6. The number of sulfone groups is 1. The normalized spacial score (nSPS) is 23.0. The topological polar surface area (TPSA) is 90.0 Å². The third-order valence-corrected chi connectivity index (χ3v) is 8.61. The van der Waals surface area contributed by atoms with Gasteiger partial charge in [0.1, 0.15) is 0 Å². The largest absolute Gasteiger partial charge is 0.493 e. The minimum Gasteiger partial charge on any atom is -0.493 e. The third kappa shape index (κ3) is 3.50. The molecule has 9 heteroatoms. The maximum absolute atomic E-state index is 13.3. The summed E-state index contributed by atoms with van der Waals surface area (Å²) in [6.45, 7) is 1.70. The van der Waals surface area contributed by atoms with Gasteiger partial charge in [-0.2, -0.15) is 4.31 Å². The number of hydrogen-bond acceptors (Lipinski definition) is 6. The van der Waals surface area contributed by atoms with E-state index in [-0.39, 0.29) is 22.4 Å². The van der Waals surface area contributed by atoms with Crippen LogP contribution in [-0.2, 0) is 19.9 Å². The molecular formula is C16H23NO6S2. The highest BCUT2D eigenvalue weighted by molar-refractivity contribution is 7.92. The summed E-state index contributed by atoms with van der Waals surface area (Å²) < 4.78 is 62.2. The van der Waals surface area contributed by atoms with Crippen molar-refractivity contribution in [2.75, 3.05) is 25.7 Å². The first-order valence-corrected chi connectivity index (χ1v) is 11.4. The molecule has 1 aliphatic carbocycles. The molecule has 0 amide bonds. The van der Waals surface area contributed by atoms with Crippen molar-refractivity contribution < 1.29 is 26.3 Å². The van der Waals surface area contributed by atoms with E-state index in [2.05, 4.69) is 0 Å². The number of benzene rings is 1. The molecule has 0 bridgehead atoms. The molecule has 1 aromatic carbocycles. The summed E-state index contributed by atoms with van der Waals surface area (Å²) in [7, 11) is -4.06. The average Bonchev–Trinajstić information content (AvgIpc) is 3.30. The Morgan fingerprint density at radius 1 is 1.04 bits per heavy atom. The molecule has 25 heavy (non-hydrogen) atoms. The first kappa shape index (κ1) is 18.5. The van der Waals surface area contributed by atoms with E-state index in [4.69, 9.17) is 9.47 Å². The van der Waals surface area contributed by atoms with Gasteiger partial charge in [-0.25, -0.2) is 16.8 Å². The summed E-state index contributed by atoms with van der Waals surface area (Å²) in [4.78, 5) is 0.140. The number of methoxy groups -OCH3 is 2. The van der Waals surface area contributed by atoms with Crippen LogP contribution in [0.1, 0.15) is 24.8 Å². The Hall–Kier alpha value is -1.32. The fourth-order valence-electron chi connectivity index (χ4n) is 3.35. The zero-order valence-corrected chi connectivity index (χ0v) is 16.2. The molecule has 1 atom stereocenters. The minimum absolute atomic E-state index is 0.0430. The van der Waals surface area contributed by atoms with Gasteiger partial charge in [-0.15, -0.1) is 0 Å². The summed E-state index contributed by atoms with van der Waals surface area (Å²) in [6.07, 6.45) is 1.88. The molecule has 1 heterocycles. The number of nitrogens with zero attached hydrogens (tertiary/aromatic N) is 1. The molecule has 0 spiro atoms. The van der Waals surface area contributed by atoms with Gasteiger partial charge in [-0.1, -0.05) is 0 Å². The smallest absolute Gasteiger partial charge is 0.244 e. The van der Waals surface area contributed by atoms with Gasteiger partial charge in [0, 0.05) is 18.2 Å². The van der Waals surface area contributed by atoms with E-state index >= 15 is 0 Å². The fraction of sp³-hybridized carbons (Fsp3) is 0.625. The zero-order chi connectivity index (χ0) is 18.4. The Balaban J connectivity index is 2.05. The van der Waals surface area contributed by atoms with Gasteiger partial charge in [0.2, 0.25) is 10.0 Å². The first-order chi connectivity index (χ1) is 11.7. The number of aryl methyl sites for hydroxylation is 1. The van der Waals surface area contributed by atoms with E-state index in [0.717, 1.165) is 12.8 Å². The van der Waals surface area contributed by atoms with Gasteiger partial charge in [-0.3, -0.25) is 0 Å². The van der Waals surface area contributed by atoms with Gasteiger partial charge in [0.15, 0.2) is 21.3 Å². The molecule has 1 aliphatic heterocycles. The van der Waals surface area contributed by atoms with Gasteiger partial charge in [-0.05, 0) is 37.8 Å². The Kier molecular flexibility index (Phi) is 4.76. The summed E-state index contributed by atoms with van der Waals surface area (Å²) >= 11 is 0. The maximum atomic E-state index is 13.3.